The van der Waals surface area contributed by atoms with Crippen LogP contribution in [0.3, 0.4) is 0 Å². The maximum atomic E-state index is 13.5. The Hall–Kier alpha value is -2.94. The molecule has 1 unspecified atom stereocenters. The topological polar surface area (TPSA) is 62.1 Å². The van der Waals surface area contributed by atoms with Crippen molar-refractivity contribution in [3.63, 3.8) is 0 Å². The molecule has 4 aromatic rings. The Kier molecular flexibility index (Phi) is 4.27. The van der Waals surface area contributed by atoms with Gasteiger partial charge in [0.15, 0.2) is 5.69 Å². The predicted octanol–water partition coefficient (Wildman–Crippen LogP) is 4.00. The second kappa shape index (κ2) is 6.84. The lowest BCUT2D eigenvalue weighted by molar-refractivity contribution is -0.142. The molecule has 29 heavy (non-hydrogen) atoms. The fourth-order valence-corrected chi connectivity index (χ4v) is 4.19. The number of H-pyrrole nitrogens is 1. The molecule has 1 saturated heterocycles. The van der Waals surface area contributed by atoms with Crippen LogP contribution in [-0.2, 0) is 12.7 Å². The van der Waals surface area contributed by atoms with E-state index < -0.39 is 11.9 Å². The van der Waals surface area contributed by atoms with E-state index in [4.69, 9.17) is 0 Å². The summed E-state index contributed by atoms with van der Waals surface area (Å²) in [6, 6.07) is 9.24. The smallest absolute Gasteiger partial charge is 0.361 e. The van der Waals surface area contributed by atoms with Crippen LogP contribution in [0, 0.1) is 0 Å². The van der Waals surface area contributed by atoms with Crippen molar-refractivity contribution < 1.29 is 13.2 Å². The number of hydrogen-bond acceptors (Lipinski definition) is 4. The number of nitrogens with zero attached hydrogens (tertiary/aromatic N) is 5. The first-order valence-corrected chi connectivity index (χ1v) is 9.54. The van der Waals surface area contributed by atoms with Crippen LogP contribution in [0.2, 0.25) is 0 Å². The molecule has 4 heterocycles. The molecule has 0 spiro atoms. The van der Waals surface area contributed by atoms with Gasteiger partial charge in [0.1, 0.15) is 6.33 Å². The average Bonchev–Trinajstić information content (AvgIpc) is 3.34. The van der Waals surface area contributed by atoms with Crippen LogP contribution in [0.15, 0.2) is 42.9 Å². The monoisotopic (exact) mass is 400 g/mol. The first kappa shape index (κ1) is 18.1. The zero-order valence-electron chi connectivity index (χ0n) is 15.5. The minimum atomic E-state index is -4.51. The lowest BCUT2D eigenvalue weighted by Crippen LogP contribution is -2.34. The number of nitrogens with one attached hydrogen (secondary N) is 1. The van der Waals surface area contributed by atoms with Crippen molar-refractivity contribution in [1.29, 1.82) is 0 Å². The molecule has 1 aliphatic heterocycles. The van der Waals surface area contributed by atoms with Gasteiger partial charge in [-0.15, -0.1) is 0 Å². The molecule has 150 valence electrons. The average molecular weight is 400 g/mol. The number of aromatic amines is 1. The van der Waals surface area contributed by atoms with E-state index in [1.807, 2.05) is 24.4 Å². The van der Waals surface area contributed by atoms with Gasteiger partial charge in [0.25, 0.3) is 5.78 Å². The highest BCUT2D eigenvalue weighted by Crippen LogP contribution is 2.33. The largest absolute Gasteiger partial charge is 0.433 e. The molecule has 1 atom stereocenters. The van der Waals surface area contributed by atoms with Gasteiger partial charge in [-0.05, 0) is 37.1 Å². The third kappa shape index (κ3) is 3.35. The van der Waals surface area contributed by atoms with Crippen LogP contribution in [0.1, 0.15) is 35.7 Å². The van der Waals surface area contributed by atoms with E-state index in [2.05, 4.69) is 31.0 Å². The second-order valence-electron chi connectivity index (χ2n) is 7.47. The summed E-state index contributed by atoms with van der Waals surface area (Å²) >= 11 is 0. The zero-order valence-corrected chi connectivity index (χ0v) is 15.5. The number of halogens is 3. The van der Waals surface area contributed by atoms with Gasteiger partial charge < -0.3 is 4.98 Å². The van der Waals surface area contributed by atoms with E-state index in [0.29, 0.717) is 12.2 Å². The van der Waals surface area contributed by atoms with Crippen LogP contribution in [0.5, 0.6) is 0 Å². The van der Waals surface area contributed by atoms with Crippen LogP contribution in [0.4, 0.5) is 13.2 Å². The molecule has 1 aliphatic rings. The first-order chi connectivity index (χ1) is 14.0. The van der Waals surface area contributed by atoms with Crippen LogP contribution >= 0.6 is 0 Å². The molecular weight excluding hydrogens is 381 g/mol. The van der Waals surface area contributed by atoms with Crippen molar-refractivity contribution in [2.24, 2.45) is 0 Å². The third-order valence-electron chi connectivity index (χ3n) is 5.55. The fourth-order valence-electron chi connectivity index (χ4n) is 4.19. The van der Waals surface area contributed by atoms with E-state index in [0.717, 1.165) is 48.4 Å². The Labute approximate surface area is 164 Å². The van der Waals surface area contributed by atoms with Crippen molar-refractivity contribution in [2.75, 3.05) is 13.1 Å². The van der Waals surface area contributed by atoms with Gasteiger partial charge in [0.05, 0.1) is 5.69 Å². The number of hydrogen-bond donors (Lipinski definition) is 1. The molecule has 3 aromatic heterocycles. The Morgan fingerprint density at radius 1 is 1.21 bits per heavy atom. The quantitative estimate of drug-likeness (QED) is 0.565. The number of para-hydroxylation sites is 1. The minimum absolute atomic E-state index is 0.0106. The van der Waals surface area contributed by atoms with Gasteiger partial charge in [-0.25, -0.2) is 4.98 Å². The van der Waals surface area contributed by atoms with Gasteiger partial charge in [0, 0.05) is 36.1 Å². The zero-order chi connectivity index (χ0) is 20.0. The summed E-state index contributed by atoms with van der Waals surface area (Å²) in [5.74, 6) is -0.0830. The predicted molar refractivity (Wildman–Crippen MR) is 101 cm³/mol. The van der Waals surface area contributed by atoms with Gasteiger partial charge >= 0.3 is 6.18 Å². The lowest BCUT2D eigenvalue weighted by Gasteiger charge is -2.32. The highest BCUT2D eigenvalue weighted by molar-refractivity contribution is 5.82. The van der Waals surface area contributed by atoms with E-state index in [9.17, 15) is 13.2 Å². The van der Waals surface area contributed by atoms with Gasteiger partial charge in [-0.3, -0.25) is 4.90 Å². The van der Waals surface area contributed by atoms with Gasteiger partial charge in [0.2, 0.25) is 0 Å². The molecule has 0 saturated carbocycles. The molecule has 9 heteroatoms. The normalized spacial score (nSPS) is 18.7. The van der Waals surface area contributed by atoms with E-state index in [1.54, 1.807) is 0 Å². The highest BCUT2D eigenvalue weighted by Gasteiger charge is 2.36. The van der Waals surface area contributed by atoms with Crippen molar-refractivity contribution in [3.05, 3.63) is 59.8 Å². The Balaban J connectivity index is 1.42. The number of benzene rings is 1. The first-order valence-electron chi connectivity index (χ1n) is 9.54. The van der Waals surface area contributed by atoms with E-state index in [1.165, 1.54) is 10.9 Å². The molecule has 0 bridgehead atoms. The summed E-state index contributed by atoms with van der Waals surface area (Å²) in [5, 5.41) is 4.85. The molecule has 0 aliphatic carbocycles. The van der Waals surface area contributed by atoms with Crippen molar-refractivity contribution in [1.82, 2.24) is 29.5 Å². The van der Waals surface area contributed by atoms with Crippen molar-refractivity contribution >= 4 is 16.7 Å². The molecule has 0 amide bonds. The molecule has 1 fully saturated rings. The maximum Gasteiger partial charge on any atom is 0.433 e. The number of alkyl halides is 3. The van der Waals surface area contributed by atoms with Crippen LogP contribution in [0.25, 0.3) is 16.7 Å². The van der Waals surface area contributed by atoms with E-state index in [-0.39, 0.29) is 11.7 Å². The van der Waals surface area contributed by atoms with Crippen LogP contribution < -0.4 is 0 Å². The molecule has 5 rings (SSSR count). The van der Waals surface area contributed by atoms with Crippen molar-refractivity contribution in [2.45, 2.75) is 31.5 Å². The third-order valence-corrected chi connectivity index (χ3v) is 5.55. The Bertz CT molecular complexity index is 1160. The summed E-state index contributed by atoms with van der Waals surface area (Å²) in [4.78, 5) is 13.8. The minimum Gasteiger partial charge on any atom is -0.361 e. The molecule has 6 nitrogen and oxygen atoms in total. The molecular formula is C20H19F3N6. The molecule has 1 N–H and O–H groups in total. The Morgan fingerprint density at radius 2 is 2.07 bits per heavy atom. The fraction of sp³-hybridized carbons (Fsp3) is 0.350. The summed E-state index contributed by atoms with van der Waals surface area (Å²) in [6.07, 6.45) is 0.316. The number of piperidine rings is 1. The number of aromatic nitrogens is 5. The number of likely N-dealkylation sites (tertiary alicyclic amines) is 1. The summed E-state index contributed by atoms with van der Waals surface area (Å²) in [5.41, 5.74) is 1.88. The van der Waals surface area contributed by atoms with Crippen LogP contribution in [-0.4, -0.2) is 42.6 Å². The SMILES string of the molecule is FC(F)(F)c1cc(C2CCCN(Cc3c[nH]c4ccccc34)C2)nc2ncnn12. The van der Waals surface area contributed by atoms with Gasteiger partial charge in [-0.1, -0.05) is 18.2 Å². The molecule has 0 radical (unpaired) electrons. The maximum absolute atomic E-state index is 13.5. The molecule has 1 aromatic carbocycles. The highest BCUT2D eigenvalue weighted by atomic mass is 19.4. The number of fused-ring (bicyclic) bond motifs is 2. The lowest BCUT2D eigenvalue weighted by atomic mass is 9.93. The van der Waals surface area contributed by atoms with Gasteiger partial charge in [-0.2, -0.15) is 27.8 Å². The summed E-state index contributed by atoms with van der Waals surface area (Å²) in [7, 11) is 0. The Morgan fingerprint density at radius 3 is 2.93 bits per heavy atom. The van der Waals surface area contributed by atoms with E-state index >= 15 is 0 Å². The van der Waals surface area contributed by atoms with Crippen molar-refractivity contribution in [3.8, 4) is 0 Å². The summed E-state index contributed by atoms with van der Waals surface area (Å²) in [6.45, 7) is 2.32. The second-order valence-corrected chi connectivity index (χ2v) is 7.47. The standard InChI is InChI=1S/C20H19F3N6/c21-20(22,23)18-8-17(27-19-25-12-26-29(18)19)13-4-3-7-28(10-13)11-14-9-24-16-6-2-1-5-15(14)16/h1-2,5-6,8-9,12-13,24H,3-4,7,10-11H2. The summed E-state index contributed by atoms with van der Waals surface area (Å²) < 4.78 is 41.2. The number of rotatable bonds is 3.